The molecule has 2 atom stereocenters. The Morgan fingerprint density at radius 3 is 2.12 bits per heavy atom. The van der Waals surface area contributed by atoms with Crippen molar-refractivity contribution in [1.29, 1.82) is 0 Å². The van der Waals surface area contributed by atoms with E-state index in [4.69, 9.17) is 11.6 Å². The van der Waals surface area contributed by atoms with Gasteiger partial charge in [0.2, 0.25) is 0 Å². The summed E-state index contributed by atoms with van der Waals surface area (Å²) in [5.41, 5.74) is -1.66. The molecule has 0 unspecified atom stereocenters. The minimum Gasteiger partial charge on any atom is -0.324 e. The second-order valence-electron chi connectivity index (χ2n) is 8.39. The van der Waals surface area contributed by atoms with Gasteiger partial charge in [-0.25, -0.2) is 4.79 Å². The molecule has 1 aliphatic heterocycles. The summed E-state index contributed by atoms with van der Waals surface area (Å²) in [6, 6.07) is 5.61. The van der Waals surface area contributed by atoms with Crippen molar-refractivity contribution in [1.82, 2.24) is 10.2 Å². The van der Waals surface area contributed by atoms with Gasteiger partial charge in [-0.05, 0) is 55.3 Å². The molecule has 0 saturated carbocycles. The number of halogens is 7. The van der Waals surface area contributed by atoms with E-state index in [0.717, 1.165) is 23.1 Å². The third-order valence-corrected chi connectivity index (χ3v) is 6.53. The minimum atomic E-state index is -5.00. The molecular formula is C23H24ClF6N3O. The Morgan fingerprint density at radius 1 is 1.00 bits per heavy atom. The lowest BCUT2D eigenvalue weighted by Crippen LogP contribution is -2.52. The molecule has 3 rings (SSSR count). The van der Waals surface area contributed by atoms with Gasteiger partial charge >= 0.3 is 18.4 Å². The number of piperidine rings is 1. The number of alkyl halides is 6. The second-order valence-corrected chi connectivity index (χ2v) is 8.80. The first-order valence-corrected chi connectivity index (χ1v) is 10.8. The number of hydrogen-bond acceptors (Lipinski definition) is 2. The SMILES string of the molecule is Cc1cc([C@@H]2CNCC[C@H]2N(C)C(=O)N(C)c2cc(C(F)(F)F)cc(C(F)(F)F)c2)ccc1Cl. The maximum absolute atomic E-state index is 13.3. The van der Waals surface area contributed by atoms with Crippen molar-refractivity contribution in [2.75, 3.05) is 32.1 Å². The van der Waals surface area contributed by atoms with E-state index >= 15 is 0 Å². The number of nitrogens with zero attached hydrogens (tertiary/aromatic N) is 2. The first kappa shape index (κ1) is 26.2. The summed E-state index contributed by atoms with van der Waals surface area (Å²) in [7, 11) is 2.67. The van der Waals surface area contributed by atoms with Gasteiger partial charge in [-0.15, -0.1) is 0 Å². The van der Waals surface area contributed by atoms with E-state index in [2.05, 4.69) is 5.32 Å². The molecule has 0 aromatic heterocycles. The average molecular weight is 508 g/mol. The zero-order valence-corrected chi connectivity index (χ0v) is 19.4. The topological polar surface area (TPSA) is 35.6 Å². The van der Waals surface area contributed by atoms with Crippen LogP contribution in [-0.4, -0.2) is 44.2 Å². The van der Waals surface area contributed by atoms with Gasteiger partial charge in [-0.1, -0.05) is 23.7 Å². The second kappa shape index (κ2) is 9.65. The number of anilines is 1. The summed E-state index contributed by atoms with van der Waals surface area (Å²) in [5, 5.41) is 3.86. The molecule has 1 aliphatic rings. The number of amides is 2. The van der Waals surface area contributed by atoms with Gasteiger partial charge in [-0.3, -0.25) is 4.90 Å². The van der Waals surface area contributed by atoms with Crippen LogP contribution in [-0.2, 0) is 12.4 Å². The Hall–Kier alpha value is -2.46. The van der Waals surface area contributed by atoms with Gasteiger partial charge in [-0.2, -0.15) is 26.3 Å². The third-order valence-electron chi connectivity index (χ3n) is 6.10. The number of urea groups is 1. The monoisotopic (exact) mass is 507 g/mol. The molecule has 0 bridgehead atoms. The van der Waals surface area contributed by atoms with Crippen molar-refractivity contribution in [3.63, 3.8) is 0 Å². The lowest BCUT2D eigenvalue weighted by atomic mass is 9.85. The minimum absolute atomic E-state index is 0.0389. The molecule has 4 nitrogen and oxygen atoms in total. The molecule has 1 saturated heterocycles. The number of rotatable bonds is 3. The van der Waals surface area contributed by atoms with Crippen LogP contribution in [0.25, 0.3) is 0 Å². The lowest BCUT2D eigenvalue weighted by molar-refractivity contribution is -0.143. The van der Waals surface area contributed by atoms with Crippen molar-refractivity contribution < 1.29 is 31.1 Å². The summed E-state index contributed by atoms with van der Waals surface area (Å²) in [6.45, 7) is 3.01. The fraction of sp³-hybridized carbons (Fsp3) is 0.435. The lowest BCUT2D eigenvalue weighted by Gasteiger charge is -2.40. The quantitative estimate of drug-likeness (QED) is 0.493. The first-order valence-electron chi connectivity index (χ1n) is 10.5. The van der Waals surface area contributed by atoms with E-state index < -0.39 is 35.2 Å². The van der Waals surface area contributed by atoms with Crippen molar-refractivity contribution in [2.24, 2.45) is 0 Å². The number of hydrogen-bond donors (Lipinski definition) is 1. The fourth-order valence-electron chi connectivity index (χ4n) is 4.17. The zero-order chi connectivity index (χ0) is 25.4. The molecule has 34 heavy (non-hydrogen) atoms. The van der Waals surface area contributed by atoms with Crippen molar-refractivity contribution in [2.45, 2.75) is 37.7 Å². The van der Waals surface area contributed by atoms with Crippen LogP contribution in [0.4, 0.5) is 36.8 Å². The van der Waals surface area contributed by atoms with Crippen LogP contribution in [0.5, 0.6) is 0 Å². The van der Waals surface area contributed by atoms with Crippen LogP contribution in [0.2, 0.25) is 5.02 Å². The van der Waals surface area contributed by atoms with Crippen LogP contribution in [0.1, 0.15) is 34.6 Å². The van der Waals surface area contributed by atoms with Crippen LogP contribution in [0.15, 0.2) is 36.4 Å². The van der Waals surface area contributed by atoms with Crippen molar-refractivity contribution in [3.8, 4) is 0 Å². The maximum atomic E-state index is 13.3. The highest BCUT2D eigenvalue weighted by Gasteiger charge is 2.38. The number of benzene rings is 2. The Morgan fingerprint density at radius 2 is 1.59 bits per heavy atom. The molecule has 2 amide bonds. The maximum Gasteiger partial charge on any atom is 0.416 e. The van der Waals surface area contributed by atoms with Crippen LogP contribution >= 0.6 is 11.6 Å². The van der Waals surface area contributed by atoms with Crippen molar-refractivity contribution in [3.05, 3.63) is 63.7 Å². The van der Waals surface area contributed by atoms with E-state index in [1.807, 2.05) is 19.1 Å². The highest BCUT2D eigenvalue weighted by Crippen LogP contribution is 2.39. The predicted octanol–water partition coefficient (Wildman–Crippen LogP) is 6.32. The highest BCUT2D eigenvalue weighted by atomic mass is 35.5. The van der Waals surface area contributed by atoms with Crippen molar-refractivity contribution >= 4 is 23.3 Å². The average Bonchev–Trinajstić information content (AvgIpc) is 2.78. The summed E-state index contributed by atoms with van der Waals surface area (Å²) >= 11 is 6.12. The van der Waals surface area contributed by atoms with Crippen LogP contribution in [0.3, 0.4) is 0 Å². The fourth-order valence-corrected chi connectivity index (χ4v) is 4.29. The Bertz CT molecular complexity index is 1020. The summed E-state index contributed by atoms with van der Waals surface area (Å²) in [5.74, 6) is -0.140. The molecule has 1 heterocycles. The molecule has 0 spiro atoms. The van der Waals surface area contributed by atoms with Crippen LogP contribution < -0.4 is 10.2 Å². The smallest absolute Gasteiger partial charge is 0.324 e. The first-order chi connectivity index (χ1) is 15.7. The number of carbonyl (C=O) groups is 1. The molecule has 0 aliphatic carbocycles. The zero-order valence-electron chi connectivity index (χ0n) is 18.7. The van der Waals surface area contributed by atoms with E-state index in [1.54, 1.807) is 6.07 Å². The number of aryl methyl sites for hydroxylation is 1. The Balaban J connectivity index is 1.93. The normalized spacial score (nSPS) is 19.1. The van der Waals surface area contributed by atoms with E-state index in [-0.39, 0.29) is 18.0 Å². The van der Waals surface area contributed by atoms with Gasteiger partial charge < -0.3 is 10.2 Å². The largest absolute Gasteiger partial charge is 0.416 e. The Kier molecular flexibility index (Phi) is 7.43. The standard InChI is InChI=1S/C23H24ClF6N3O/c1-13-8-14(4-5-19(13)24)18-12-31-7-6-20(18)33(3)21(34)32(2)17-10-15(22(25,26)27)9-16(11-17)23(28,29)30/h4-5,8-11,18,20,31H,6-7,12H2,1-3H3/t18-,20+/m0/s1. The van der Waals surface area contributed by atoms with Gasteiger partial charge in [0.1, 0.15) is 0 Å². The van der Waals surface area contributed by atoms with E-state index in [9.17, 15) is 31.1 Å². The molecule has 11 heteroatoms. The predicted molar refractivity (Wildman–Crippen MR) is 118 cm³/mol. The highest BCUT2D eigenvalue weighted by molar-refractivity contribution is 6.31. The van der Waals surface area contributed by atoms with Gasteiger partial charge in [0.25, 0.3) is 0 Å². The molecule has 186 valence electrons. The molecule has 1 N–H and O–H groups in total. The summed E-state index contributed by atoms with van der Waals surface area (Å²) in [6.07, 6.45) is -9.45. The van der Waals surface area contributed by atoms with Crippen LogP contribution in [0, 0.1) is 6.92 Å². The molecule has 0 radical (unpaired) electrons. The number of likely N-dealkylation sites (N-methyl/N-ethyl adjacent to an activating group) is 1. The molecular weight excluding hydrogens is 484 g/mol. The summed E-state index contributed by atoms with van der Waals surface area (Å²) < 4.78 is 79.5. The molecule has 2 aromatic carbocycles. The number of carbonyl (C=O) groups excluding carboxylic acids is 1. The summed E-state index contributed by atoms with van der Waals surface area (Å²) in [4.78, 5) is 15.4. The third kappa shape index (κ3) is 5.60. The Labute approximate surface area is 198 Å². The molecule has 1 fully saturated rings. The van der Waals surface area contributed by atoms with E-state index in [0.29, 0.717) is 36.7 Å². The van der Waals surface area contributed by atoms with Gasteiger partial charge in [0, 0.05) is 43.3 Å². The number of nitrogens with one attached hydrogen (secondary N) is 1. The van der Waals surface area contributed by atoms with Gasteiger partial charge in [0.05, 0.1) is 11.1 Å². The van der Waals surface area contributed by atoms with E-state index in [1.165, 1.54) is 11.9 Å². The molecule has 2 aromatic rings. The van der Waals surface area contributed by atoms with Gasteiger partial charge in [0.15, 0.2) is 0 Å².